The van der Waals surface area contributed by atoms with E-state index in [1.54, 1.807) is 6.08 Å². The number of hydrogen-bond donors (Lipinski definition) is 1. The van der Waals surface area contributed by atoms with E-state index in [2.05, 4.69) is 0 Å². The van der Waals surface area contributed by atoms with Crippen LogP contribution in [0.1, 0.15) is 13.3 Å². The van der Waals surface area contributed by atoms with Gasteiger partial charge in [-0.05, 0) is 6.42 Å². The first kappa shape index (κ1) is 7.34. The van der Waals surface area contributed by atoms with E-state index in [4.69, 9.17) is 5.11 Å². The summed E-state index contributed by atoms with van der Waals surface area (Å²) in [6.45, 7) is 1.84. The molecule has 0 spiro atoms. The largest absolute Gasteiger partial charge is 0.477 e. The highest BCUT2D eigenvalue weighted by molar-refractivity contribution is 5.98. The fourth-order valence-electron chi connectivity index (χ4n) is 1.82. The third-order valence-corrected chi connectivity index (χ3v) is 2.57. The smallest absolute Gasteiger partial charge is 0.352 e. The molecule has 1 saturated heterocycles. The van der Waals surface area contributed by atoms with Gasteiger partial charge < -0.3 is 10.0 Å². The Hall–Kier alpha value is -1.32. The van der Waals surface area contributed by atoms with Crippen molar-refractivity contribution in [3.63, 3.8) is 0 Å². The van der Waals surface area contributed by atoms with E-state index in [0.29, 0.717) is 6.42 Å². The van der Waals surface area contributed by atoms with Crippen molar-refractivity contribution in [1.82, 2.24) is 4.90 Å². The second-order valence-corrected chi connectivity index (χ2v) is 3.19. The minimum Gasteiger partial charge on any atom is -0.477 e. The normalized spacial score (nSPS) is 32.6. The van der Waals surface area contributed by atoms with E-state index in [1.165, 1.54) is 4.90 Å². The Morgan fingerprint density at radius 2 is 2.42 bits per heavy atom. The maximum atomic E-state index is 11.2. The Morgan fingerprint density at radius 1 is 1.75 bits per heavy atom. The van der Waals surface area contributed by atoms with Gasteiger partial charge in [0.15, 0.2) is 0 Å². The maximum absolute atomic E-state index is 11.2. The van der Waals surface area contributed by atoms with Crippen molar-refractivity contribution >= 4 is 11.9 Å². The molecule has 2 aliphatic heterocycles. The standard InChI is InChI=1S/C8H9NO3/c1-4-5-2-3-6(8(11)12)9(5)7(4)10/h3-5H,2H2,1H3,(H,11,12)/t4-,5-/m0/s1. The molecule has 4 heteroatoms. The van der Waals surface area contributed by atoms with Crippen molar-refractivity contribution in [3.8, 4) is 0 Å². The van der Waals surface area contributed by atoms with Crippen molar-refractivity contribution in [2.45, 2.75) is 19.4 Å². The van der Waals surface area contributed by atoms with Crippen LogP contribution in [-0.4, -0.2) is 27.9 Å². The Kier molecular flexibility index (Phi) is 1.28. The molecule has 2 atom stereocenters. The molecule has 0 aromatic rings. The quantitative estimate of drug-likeness (QED) is 0.568. The summed E-state index contributed by atoms with van der Waals surface area (Å²) in [5, 5.41) is 8.68. The molecule has 1 N–H and O–H groups in total. The Labute approximate surface area is 69.5 Å². The minimum atomic E-state index is -1.00. The van der Waals surface area contributed by atoms with E-state index in [-0.39, 0.29) is 23.6 Å². The number of carboxylic acids is 1. The number of fused-ring (bicyclic) bond motifs is 1. The van der Waals surface area contributed by atoms with Gasteiger partial charge in [0.2, 0.25) is 5.91 Å². The highest BCUT2D eigenvalue weighted by Gasteiger charge is 2.49. The van der Waals surface area contributed by atoms with Gasteiger partial charge in [-0.1, -0.05) is 13.0 Å². The molecular weight excluding hydrogens is 158 g/mol. The van der Waals surface area contributed by atoms with Crippen molar-refractivity contribution in [3.05, 3.63) is 11.8 Å². The number of aliphatic carboxylic acids is 1. The third kappa shape index (κ3) is 0.668. The molecule has 0 unspecified atom stereocenters. The number of carbonyl (C=O) groups is 2. The first-order valence-electron chi connectivity index (χ1n) is 3.89. The molecule has 0 aliphatic carbocycles. The number of carbonyl (C=O) groups excluding carboxylic acids is 1. The average molecular weight is 167 g/mol. The Morgan fingerprint density at radius 3 is 3.00 bits per heavy atom. The number of β-lactam (4-membered cyclic amide) rings is 1. The van der Waals surface area contributed by atoms with Gasteiger partial charge in [-0.3, -0.25) is 4.79 Å². The fraction of sp³-hybridized carbons (Fsp3) is 0.500. The summed E-state index contributed by atoms with van der Waals surface area (Å²) < 4.78 is 0. The summed E-state index contributed by atoms with van der Waals surface area (Å²) in [5.41, 5.74) is 0.156. The van der Waals surface area contributed by atoms with Crippen molar-refractivity contribution in [2.75, 3.05) is 0 Å². The van der Waals surface area contributed by atoms with Gasteiger partial charge in [0.1, 0.15) is 5.70 Å². The molecule has 2 rings (SSSR count). The van der Waals surface area contributed by atoms with Gasteiger partial charge in [-0.15, -0.1) is 0 Å². The molecule has 2 aliphatic rings. The molecule has 0 aromatic heterocycles. The maximum Gasteiger partial charge on any atom is 0.352 e. The van der Waals surface area contributed by atoms with Gasteiger partial charge in [0.25, 0.3) is 0 Å². The lowest BCUT2D eigenvalue weighted by atomic mass is 9.90. The number of hydrogen-bond acceptors (Lipinski definition) is 2. The minimum absolute atomic E-state index is 0.00176. The molecule has 0 radical (unpaired) electrons. The summed E-state index contributed by atoms with van der Waals surface area (Å²) in [5.74, 6) is -1.07. The van der Waals surface area contributed by atoms with Crippen molar-refractivity contribution in [1.29, 1.82) is 0 Å². The van der Waals surface area contributed by atoms with Gasteiger partial charge in [0, 0.05) is 0 Å². The van der Waals surface area contributed by atoms with E-state index < -0.39 is 5.97 Å². The number of rotatable bonds is 1. The second-order valence-electron chi connectivity index (χ2n) is 3.19. The predicted molar refractivity (Wildman–Crippen MR) is 40.1 cm³/mol. The van der Waals surface area contributed by atoms with Crippen LogP contribution in [0.2, 0.25) is 0 Å². The summed E-state index contributed by atoms with van der Waals surface area (Å²) in [7, 11) is 0. The Balaban J connectivity index is 2.23. The van der Waals surface area contributed by atoms with Crippen LogP contribution in [0.5, 0.6) is 0 Å². The molecule has 1 amide bonds. The molecular formula is C8H9NO3. The van der Waals surface area contributed by atoms with Gasteiger partial charge >= 0.3 is 5.97 Å². The third-order valence-electron chi connectivity index (χ3n) is 2.57. The first-order valence-corrected chi connectivity index (χ1v) is 3.89. The zero-order valence-corrected chi connectivity index (χ0v) is 6.65. The molecule has 1 fully saturated rings. The predicted octanol–water partition coefficient (Wildman–Crippen LogP) is 0.206. The SMILES string of the molecule is C[C@@H]1C(=O)N2C(C(=O)O)=CC[C@@H]12. The highest BCUT2D eigenvalue weighted by atomic mass is 16.4. The molecule has 4 nitrogen and oxygen atoms in total. The van der Waals surface area contributed by atoms with Crippen LogP contribution in [0.25, 0.3) is 0 Å². The monoisotopic (exact) mass is 167 g/mol. The van der Waals surface area contributed by atoms with Crippen molar-refractivity contribution in [2.24, 2.45) is 5.92 Å². The first-order chi connectivity index (χ1) is 5.63. The summed E-state index contributed by atoms with van der Waals surface area (Å²) >= 11 is 0. The molecule has 64 valence electrons. The van der Waals surface area contributed by atoms with Crippen LogP contribution in [0, 0.1) is 5.92 Å². The molecule has 12 heavy (non-hydrogen) atoms. The fourth-order valence-corrected chi connectivity index (χ4v) is 1.82. The van der Waals surface area contributed by atoms with E-state index in [0.717, 1.165) is 0 Å². The van der Waals surface area contributed by atoms with Crippen LogP contribution < -0.4 is 0 Å². The molecule has 0 saturated carbocycles. The van der Waals surface area contributed by atoms with Crippen molar-refractivity contribution < 1.29 is 14.7 Å². The van der Waals surface area contributed by atoms with Crippen LogP contribution in [0.15, 0.2) is 11.8 Å². The van der Waals surface area contributed by atoms with E-state index >= 15 is 0 Å². The highest BCUT2D eigenvalue weighted by Crippen LogP contribution is 2.37. The number of amides is 1. The zero-order chi connectivity index (χ0) is 8.88. The average Bonchev–Trinajstić information content (AvgIpc) is 2.43. The lowest BCUT2D eigenvalue weighted by Gasteiger charge is -2.41. The van der Waals surface area contributed by atoms with Gasteiger partial charge in [-0.2, -0.15) is 0 Å². The number of carboxylic acid groups (broad SMARTS) is 1. The zero-order valence-electron chi connectivity index (χ0n) is 6.65. The van der Waals surface area contributed by atoms with Crippen LogP contribution in [0.4, 0.5) is 0 Å². The van der Waals surface area contributed by atoms with E-state index in [9.17, 15) is 9.59 Å². The van der Waals surface area contributed by atoms with Gasteiger partial charge in [-0.25, -0.2) is 4.79 Å². The lowest BCUT2D eigenvalue weighted by molar-refractivity contribution is -0.153. The Bertz CT molecular complexity index is 295. The number of nitrogens with zero attached hydrogens (tertiary/aromatic N) is 1. The van der Waals surface area contributed by atoms with E-state index in [1.807, 2.05) is 6.92 Å². The summed E-state index contributed by atoms with van der Waals surface area (Å²) in [6.07, 6.45) is 2.31. The molecule has 0 bridgehead atoms. The topological polar surface area (TPSA) is 57.6 Å². The van der Waals surface area contributed by atoms with Crippen LogP contribution >= 0.6 is 0 Å². The van der Waals surface area contributed by atoms with Crippen LogP contribution in [-0.2, 0) is 9.59 Å². The van der Waals surface area contributed by atoms with Gasteiger partial charge in [0.05, 0.1) is 12.0 Å². The summed E-state index contributed by atoms with van der Waals surface area (Å²) in [4.78, 5) is 23.1. The molecule has 0 aromatic carbocycles. The second kappa shape index (κ2) is 2.09. The summed E-state index contributed by atoms with van der Waals surface area (Å²) in [6, 6.07) is 0.114. The van der Waals surface area contributed by atoms with Crippen LogP contribution in [0.3, 0.4) is 0 Å². The molecule has 2 heterocycles. The lowest BCUT2D eigenvalue weighted by Crippen LogP contribution is -2.57.